The quantitative estimate of drug-likeness (QED) is 0.207. The Labute approximate surface area is 40.8 Å². The molecule has 0 atom stereocenters. The van der Waals surface area contributed by atoms with Crippen LogP contribution in [0.15, 0.2) is 12.7 Å². The van der Waals surface area contributed by atoms with Gasteiger partial charge in [-0.15, -0.1) is 0 Å². The number of hydrogen-bond acceptors (Lipinski definition) is 3. The monoisotopic (exact) mass is 101 g/mol. The van der Waals surface area contributed by atoms with Crippen molar-refractivity contribution in [2.24, 2.45) is 5.84 Å². The molecule has 0 unspecified atom stereocenters. The highest BCUT2D eigenvalue weighted by Gasteiger charge is 1.86. The van der Waals surface area contributed by atoms with Gasteiger partial charge >= 0.3 is 0 Å². The maximum Gasteiger partial charge on any atom is 0.249 e. The van der Waals surface area contributed by atoms with Crippen molar-refractivity contribution in [2.45, 2.75) is 0 Å². The molecule has 0 aromatic rings. The summed E-state index contributed by atoms with van der Waals surface area (Å²) in [4.78, 5) is 9.88. The van der Waals surface area contributed by atoms with Crippen LogP contribution in [0.1, 0.15) is 0 Å². The number of hydrogen-bond donors (Lipinski definition) is 1. The number of hydroxylamine groups is 1. The van der Waals surface area contributed by atoms with Gasteiger partial charge in [0.05, 0.1) is 0 Å². The molecule has 0 heterocycles. The molecule has 0 rings (SSSR count). The molecule has 0 aromatic carbocycles. The average molecular weight is 101 g/mol. The molecule has 40 valence electrons. The highest BCUT2D eigenvalue weighted by Crippen LogP contribution is 1.72. The summed E-state index contributed by atoms with van der Waals surface area (Å²) in [7, 11) is 0. The minimum atomic E-state index is -0.833. The molecule has 7 heavy (non-hydrogen) atoms. The van der Waals surface area contributed by atoms with Gasteiger partial charge in [-0.3, -0.25) is 10.6 Å². The summed E-state index contributed by atoms with van der Waals surface area (Å²) in [6, 6.07) is 0. The Morgan fingerprint density at radius 2 is 2.43 bits per heavy atom. The summed E-state index contributed by atoms with van der Waals surface area (Å²) in [6.45, 7) is 3.01. The number of rotatable bonds is 1. The third kappa shape index (κ3) is 1.91. The van der Waals surface area contributed by atoms with Crippen LogP contribution in [0.3, 0.4) is 0 Å². The number of amides is 1. The van der Waals surface area contributed by atoms with Crippen LogP contribution in [0.4, 0.5) is 0 Å². The molecule has 4 heteroatoms. The van der Waals surface area contributed by atoms with Crippen LogP contribution >= 0.6 is 0 Å². The van der Waals surface area contributed by atoms with Crippen molar-refractivity contribution in [3.8, 4) is 0 Å². The fraction of sp³-hybridized carbons (Fsp3) is 0. The van der Waals surface area contributed by atoms with Gasteiger partial charge in [-0.05, 0) is 6.08 Å². The zero-order valence-electron chi connectivity index (χ0n) is 3.63. The molecule has 0 saturated carbocycles. The number of hydrazine groups is 1. The molecule has 0 aliphatic carbocycles. The number of carbonyl (C=O) groups excluding carboxylic acids is 1. The third-order valence-electron chi connectivity index (χ3n) is 0.392. The summed E-state index contributed by atoms with van der Waals surface area (Å²) in [5.41, 5.74) is 0. The normalized spacial score (nSPS) is 7.71. The van der Waals surface area contributed by atoms with E-state index < -0.39 is 5.91 Å². The van der Waals surface area contributed by atoms with E-state index in [9.17, 15) is 10.0 Å². The molecule has 1 amide bonds. The van der Waals surface area contributed by atoms with E-state index in [1.807, 2.05) is 0 Å². The van der Waals surface area contributed by atoms with E-state index >= 15 is 0 Å². The Morgan fingerprint density at radius 3 is 2.43 bits per heavy atom. The predicted octanol–water partition coefficient (Wildman–Crippen LogP) is -0.627. The van der Waals surface area contributed by atoms with Crippen LogP contribution in [0, 0.1) is 5.21 Å². The third-order valence-corrected chi connectivity index (χ3v) is 0.392. The van der Waals surface area contributed by atoms with Crippen LogP contribution in [0.5, 0.6) is 0 Å². The van der Waals surface area contributed by atoms with Crippen molar-refractivity contribution in [3.05, 3.63) is 17.9 Å². The summed E-state index contributed by atoms with van der Waals surface area (Å²) >= 11 is 0. The Hall–Kier alpha value is -0.870. The average Bonchev–Trinajstić information content (AvgIpc) is 1.65. The van der Waals surface area contributed by atoms with Crippen LogP contribution < -0.4 is 5.84 Å². The van der Waals surface area contributed by atoms with Crippen molar-refractivity contribution in [1.29, 1.82) is 0 Å². The van der Waals surface area contributed by atoms with E-state index in [1.165, 1.54) is 0 Å². The lowest BCUT2D eigenvalue weighted by molar-refractivity contribution is -0.123. The Kier molecular flexibility index (Phi) is 2.04. The van der Waals surface area contributed by atoms with E-state index in [1.54, 1.807) is 0 Å². The largest absolute Gasteiger partial charge is 0.741 e. The van der Waals surface area contributed by atoms with E-state index in [-0.39, 0.29) is 5.17 Å². The number of nitrogens with two attached hydrogens (primary N) is 1. The zero-order valence-corrected chi connectivity index (χ0v) is 3.63. The summed E-state index contributed by atoms with van der Waals surface area (Å²) < 4.78 is 0. The molecule has 0 aliphatic heterocycles. The first-order valence-electron chi connectivity index (χ1n) is 1.57. The SMILES string of the molecule is C=CC(=O)N(N)[O-]. The van der Waals surface area contributed by atoms with Crippen molar-refractivity contribution >= 4 is 5.91 Å². The first kappa shape index (κ1) is 6.13. The highest BCUT2D eigenvalue weighted by atomic mass is 16.5. The maximum absolute atomic E-state index is 9.88. The molecule has 2 N–H and O–H groups in total. The molecule has 0 bridgehead atoms. The molecule has 0 radical (unpaired) electrons. The number of carbonyl (C=O) groups is 1. The second-order valence-corrected chi connectivity index (χ2v) is 0.868. The van der Waals surface area contributed by atoms with Gasteiger partial charge in [-0.1, -0.05) is 6.58 Å². The molecule has 0 spiro atoms. The highest BCUT2D eigenvalue weighted by molar-refractivity contribution is 5.86. The zero-order chi connectivity index (χ0) is 5.86. The topological polar surface area (TPSA) is 69.4 Å². The second-order valence-electron chi connectivity index (χ2n) is 0.868. The fourth-order valence-electron chi connectivity index (χ4n) is 0.0900. The summed E-state index contributed by atoms with van der Waals surface area (Å²) in [6.07, 6.45) is 0.840. The van der Waals surface area contributed by atoms with Crippen LogP contribution in [0.25, 0.3) is 0 Å². The van der Waals surface area contributed by atoms with E-state index in [4.69, 9.17) is 0 Å². The minimum Gasteiger partial charge on any atom is -0.741 e. The second kappa shape index (κ2) is 2.33. The summed E-state index contributed by atoms with van der Waals surface area (Å²) in [5.74, 6) is 3.57. The van der Waals surface area contributed by atoms with Gasteiger partial charge in [-0.2, -0.15) is 0 Å². The fourth-order valence-corrected chi connectivity index (χ4v) is 0.0900. The Balaban J connectivity index is 3.56. The lowest BCUT2D eigenvalue weighted by Crippen LogP contribution is -2.29. The van der Waals surface area contributed by atoms with Crippen molar-refractivity contribution in [2.75, 3.05) is 0 Å². The number of nitrogens with zero attached hydrogens (tertiary/aromatic N) is 1. The molecule has 0 aliphatic rings. The van der Waals surface area contributed by atoms with Gasteiger partial charge in [0.15, 0.2) is 0 Å². The molecule has 0 aromatic heterocycles. The summed E-state index contributed by atoms with van der Waals surface area (Å²) in [5, 5.41) is 9.36. The maximum atomic E-state index is 9.88. The Bertz CT molecular complexity index is 88.9. The van der Waals surface area contributed by atoms with Crippen LogP contribution in [-0.2, 0) is 4.79 Å². The lowest BCUT2D eigenvalue weighted by atomic mass is 10.6. The van der Waals surface area contributed by atoms with Crippen molar-refractivity contribution in [1.82, 2.24) is 5.17 Å². The van der Waals surface area contributed by atoms with Crippen LogP contribution in [0.2, 0.25) is 0 Å². The van der Waals surface area contributed by atoms with Gasteiger partial charge < -0.3 is 10.4 Å². The minimum absolute atomic E-state index is 0.285. The predicted molar refractivity (Wildman–Crippen MR) is 24.6 cm³/mol. The van der Waals surface area contributed by atoms with Gasteiger partial charge in [0.25, 0.3) is 0 Å². The first-order chi connectivity index (χ1) is 3.18. The molecule has 4 nitrogen and oxygen atoms in total. The van der Waals surface area contributed by atoms with Crippen molar-refractivity contribution in [3.63, 3.8) is 0 Å². The van der Waals surface area contributed by atoms with E-state index in [0.29, 0.717) is 0 Å². The smallest absolute Gasteiger partial charge is 0.249 e. The first-order valence-corrected chi connectivity index (χ1v) is 1.57. The molecule has 0 saturated heterocycles. The van der Waals surface area contributed by atoms with Gasteiger partial charge in [0.1, 0.15) is 0 Å². The van der Waals surface area contributed by atoms with Crippen LogP contribution in [-0.4, -0.2) is 11.1 Å². The molecule has 0 fully saturated rings. The molecular weight excluding hydrogens is 96.0 g/mol. The van der Waals surface area contributed by atoms with Gasteiger partial charge in [-0.25, -0.2) is 0 Å². The van der Waals surface area contributed by atoms with Gasteiger partial charge in [0.2, 0.25) is 5.91 Å². The van der Waals surface area contributed by atoms with E-state index in [2.05, 4.69) is 12.4 Å². The van der Waals surface area contributed by atoms with Gasteiger partial charge in [0, 0.05) is 0 Å². The van der Waals surface area contributed by atoms with Crippen molar-refractivity contribution < 1.29 is 4.79 Å². The molecular formula is C3H5N2O2-. The standard InChI is InChI=1S/C3H5N2O2/c1-2-3(6)5(4)7/h2H,1,4H2/q-1. The lowest BCUT2D eigenvalue weighted by Gasteiger charge is -2.17. The Morgan fingerprint density at radius 1 is 2.00 bits per heavy atom. The van der Waals surface area contributed by atoms with E-state index in [0.717, 1.165) is 6.08 Å².